The summed E-state index contributed by atoms with van der Waals surface area (Å²) in [6, 6.07) is 0. The van der Waals surface area contributed by atoms with Crippen LogP contribution >= 0.6 is 37.2 Å². The van der Waals surface area contributed by atoms with E-state index in [9.17, 15) is 4.21 Å². The van der Waals surface area contributed by atoms with Crippen molar-refractivity contribution in [3.05, 3.63) is 0 Å². The predicted octanol–water partition coefficient (Wildman–Crippen LogP) is 2.64. The van der Waals surface area contributed by atoms with Gasteiger partial charge in [0.15, 0.2) is 0 Å². The van der Waals surface area contributed by atoms with Gasteiger partial charge in [0.25, 0.3) is 0 Å². The Balaban J connectivity index is -0.0000000965. The number of nitrogens with two attached hydrogens (primary N) is 1. The van der Waals surface area contributed by atoms with E-state index >= 15 is 0 Å². The molecule has 1 unspecified atom stereocenters. The number of halogens is 2. The third kappa shape index (κ3) is 492. The van der Waals surface area contributed by atoms with Crippen LogP contribution in [-0.2, 0) is 9.71 Å². The first-order valence-corrected chi connectivity index (χ1v) is 11.5. The molecule has 0 saturated carbocycles. The van der Waals surface area contributed by atoms with Crippen molar-refractivity contribution in [3.63, 3.8) is 0 Å². The maximum absolute atomic E-state index is 9.85. The molecule has 0 aliphatic carbocycles. The minimum absolute atomic E-state index is 0.833. The fourth-order valence-corrected chi connectivity index (χ4v) is 0. The zero-order chi connectivity index (χ0) is 10.1. The van der Waals surface area contributed by atoms with Crippen LogP contribution in [0.3, 0.4) is 0 Å². The Hall–Kier alpha value is 1.44. The summed E-state index contributed by atoms with van der Waals surface area (Å²) in [6.07, 6.45) is 1.38. The Kier molecular flexibility index (Phi) is 19.0. The molecule has 0 bridgehead atoms. The average Bonchev–Trinajstić information content (AvgIpc) is 1.63. The first kappa shape index (κ1) is 18.3. The molecule has 0 aliphatic rings. The third-order valence-electron chi connectivity index (χ3n) is 0. The van der Waals surface area contributed by atoms with E-state index in [0.29, 0.717) is 0 Å². The van der Waals surface area contributed by atoms with Crippen molar-refractivity contribution < 1.29 is 4.21 Å². The van der Waals surface area contributed by atoms with Crippen LogP contribution in [-0.4, -0.2) is 16.3 Å². The standard InChI is InChI=1S/C4H10.C2H7NOS.I2/c1-4(2)3;1-5(2,3)4;1-2/h4H,1-3H3;1H2,2H3,(H2,3,4);. The Morgan fingerprint density at radius 2 is 1.36 bits per heavy atom. The number of hydrogen-bond donors (Lipinski definition) is 1. The fourth-order valence-electron chi connectivity index (χ4n) is 0. The summed E-state index contributed by atoms with van der Waals surface area (Å²) in [4.78, 5) is 0. The summed E-state index contributed by atoms with van der Waals surface area (Å²) >= 11 is 4.24. The van der Waals surface area contributed by atoms with E-state index in [4.69, 9.17) is 5.14 Å². The van der Waals surface area contributed by atoms with E-state index < -0.39 is 9.71 Å². The van der Waals surface area contributed by atoms with Gasteiger partial charge in [-0.25, -0.2) is 0 Å². The molecule has 0 saturated heterocycles. The average molecular weight is 405 g/mol. The lowest BCUT2D eigenvalue weighted by Crippen LogP contribution is -2.06. The van der Waals surface area contributed by atoms with Crippen LogP contribution in [0, 0.1) is 5.92 Å². The summed E-state index contributed by atoms with van der Waals surface area (Å²) in [5.74, 6) is 3.91. The van der Waals surface area contributed by atoms with Crippen LogP contribution in [0.4, 0.5) is 0 Å². The zero-order valence-corrected chi connectivity index (χ0v) is 12.6. The molecule has 2 nitrogen and oxygen atoms in total. The first-order chi connectivity index (χ1) is 4.73. The normalized spacial score (nSPS) is 13.5. The van der Waals surface area contributed by atoms with Gasteiger partial charge in [0.2, 0.25) is 0 Å². The smallest absolute Gasteiger partial charge is 0.0194 e. The van der Waals surface area contributed by atoms with E-state index in [0.717, 1.165) is 5.92 Å². The van der Waals surface area contributed by atoms with Crippen LogP contribution in [0.1, 0.15) is 20.8 Å². The molecule has 0 aromatic carbocycles. The van der Waals surface area contributed by atoms with Gasteiger partial charge in [-0.1, -0.05) is 20.8 Å². The Labute approximate surface area is 94.2 Å². The second kappa shape index (κ2) is 11.4. The molecule has 0 amide bonds. The predicted molar refractivity (Wildman–Crippen MR) is 73.9 cm³/mol. The van der Waals surface area contributed by atoms with Crippen molar-refractivity contribution in [2.24, 2.45) is 11.1 Å². The second-order valence-electron chi connectivity index (χ2n) is 2.80. The summed E-state index contributed by atoms with van der Waals surface area (Å²) in [7, 11) is -2.17. The fraction of sp³-hybridized carbons (Fsp3) is 0.833. The van der Waals surface area contributed by atoms with Gasteiger partial charge in [0.1, 0.15) is 0 Å². The minimum atomic E-state index is -2.17. The molecule has 0 spiro atoms. The summed E-state index contributed by atoms with van der Waals surface area (Å²) in [5.41, 5.74) is 0. The Bertz CT molecular complexity index is 132. The van der Waals surface area contributed by atoms with E-state index in [1.54, 1.807) is 0 Å². The van der Waals surface area contributed by atoms with Crippen LogP contribution in [0.5, 0.6) is 0 Å². The molecule has 0 aromatic heterocycles. The Morgan fingerprint density at radius 1 is 1.36 bits per heavy atom. The van der Waals surface area contributed by atoms with Crippen molar-refractivity contribution in [3.8, 4) is 0 Å². The van der Waals surface area contributed by atoms with Gasteiger partial charge < -0.3 is 0 Å². The molecule has 11 heavy (non-hydrogen) atoms. The number of hydrogen-bond acceptors (Lipinski definition) is 1. The largest absolute Gasteiger partial charge is 0.260 e. The van der Waals surface area contributed by atoms with Crippen molar-refractivity contribution in [2.75, 3.05) is 6.26 Å². The molecule has 0 aliphatic heterocycles. The highest BCUT2D eigenvalue weighted by Crippen LogP contribution is 1.89. The molecular weight excluding hydrogens is 388 g/mol. The van der Waals surface area contributed by atoms with E-state index in [1.165, 1.54) is 6.26 Å². The number of rotatable bonds is 0. The molecule has 0 fully saturated rings. The highest BCUT2D eigenvalue weighted by atomic mass is 128. The van der Waals surface area contributed by atoms with Gasteiger partial charge in [-0.05, 0) is 11.8 Å². The van der Waals surface area contributed by atoms with Gasteiger partial charge in [-0.15, -0.1) is 0 Å². The topological polar surface area (TPSA) is 43.1 Å². The lowest BCUT2D eigenvalue weighted by atomic mass is 10.3. The molecule has 72 valence electrons. The molecule has 0 heterocycles. The SMILES string of the molecule is C=S(C)(N)=O.CC(C)C.II. The highest BCUT2D eigenvalue weighted by Gasteiger charge is 1.69. The van der Waals surface area contributed by atoms with Crippen LogP contribution in [0.25, 0.3) is 0 Å². The monoisotopic (exact) mass is 405 g/mol. The molecule has 0 rings (SSSR count). The van der Waals surface area contributed by atoms with Crippen LogP contribution < -0.4 is 5.14 Å². The molecule has 5 heteroatoms. The van der Waals surface area contributed by atoms with Gasteiger partial charge in [0.05, 0.1) is 0 Å². The van der Waals surface area contributed by atoms with E-state index in [-0.39, 0.29) is 0 Å². The third-order valence-corrected chi connectivity index (χ3v) is 0. The van der Waals surface area contributed by atoms with Crippen molar-refractivity contribution in [1.29, 1.82) is 0 Å². The Morgan fingerprint density at radius 3 is 1.36 bits per heavy atom. The summed E-state index contributed by atoms with van der Waals surface area (Å²) in [6.45, 7) is 6.50. The van der Waals surface area contributed by atoms with Crippen molar-refractivity contribution in [2.45, 2.75) is 20.8 Å². The summed E-state index contributed by atoms with van der Waals surface area (Å²) in [5, 5.41) is 4.77. The van der Waals surface area contributed by atoms with Crippen LogP contribution in [0.15, 0.2) is 0 Å². The van der Waals surface area contributed by atoms with Crippen molar-refractivity contribution in [1.82, 2.24) is 0 Å². The lowest BCUT2D eigenvalue weighted by Gasteiger charge is -1.79. The minimum Gasteiger partial charge on any atom is -0.260 e. The molecular formula is C6H17I2NOS. The molecule has 1 atom stereocenters. The zero-order valence-electron chi connectivity index (χ0n) is 7.43. The first-order valence-electron chi connectivity index (χ1n) is 2.97. The maximum atomic E-state index is 9.85. The maximum Gasteiger partial charge on any atom is 0.0194 e. The van der Waals surface area contributed by atoms with Gasteiger partial charge in [-0.3, -0.25) is 9.35 Å². The van der Waals surface area contributed by atoms with Gasteiger partial charge in [0, 0.05) is 53.2 Å². The second-order valence-corrected chi connectivity index (χ2v) is 4.95. The molecule has 2 N–H and O–H groups in total. The van der Waals surface area contributed by atoms with Gasteiger partial charge >= 0.3 is 0 Å². The quantitative estimate of drug-likeness (QED) is 0.489. The van der Waals surface area contributed by atoms with Crippen molar-refractivity contribution >= 4 is 52.8 Å². The molecule has 0 aromatic rings. The van der Waals surface area contributed by atoms with E-state index in [2.05, 4.69) is 63.9 Å². The summed E-state index contributed by atoms with van der Waals surface area (Å²) < 4.78 is 9.85. The van der Waals surface area contributed by atoms with E-state index in [1.807, 2.05) is 0 Å². The highest BCUT2D eigenvalue weighted by molar-refractivity contribution is 15.0. The van der Waals surface area contributed by atoms with Crippen LogP contribution in [0.2, 0.25) is 0 Å². The van der Waals surface area contributed by atoms with Gasteiger partial charge in [-0.2, -0.15) is 0 Å². The molecule has 0 radical (unpaired) electrons. The lowest BCUT2D eigenvalue weighted by molar-refractivity contribution is 0.686.